The number of hydrogen-bond acceptors (Lipinski definition) is 4. The van der Waals surface area contributed by atoms with Crippen LogP contribution in [0.25, 0.3) is 0 Å². The smallest absolute Gasteiger partial charge is 0.179 e. The first-order chi connectivity index (χ1) is 7.58. The molecule has 4 nitrogen and oxygen atoms in total. The van der Waals surface area contributed by atoms with Crippen LogP contribution in [0, 0.1) is 0 Å². The van der Waals surface area contributed by atoms with E-state index in [-0.39, 0.29) is 11.9 Å². The number of anilines is 1. The molecule has 0 amide bonds. The Kier molecular flexibility index (Phi) is 2.83. The van der Waals surface area contributed by atoms with E-state index in [0.717, 1.165) is 18.0 Å². The highest BCUT2D eigenvalue weighted by molar-refractivity contribution is 6.00. The Labute approximate surface area is 94.8 Å². The predicted octanol–water partition coefficient (Wildman–Crippen LogP) is 1.41. The van der Waals surface area contributed by atoms with Gasteiger partial charge >= 0.3 is 0 Å². The molecule has 2 rings (SSSR count). The van der Waals surface area contributed by atoms with Crippen LogP contribution >= 0.6 is 0 Å². The molecule has 0 bridgehead atoms. The van der Waals surface area contributed by atoms with Crippen molar-refractivity contribution in [2.45, 2.75) is 26.0 Å². The fourth-order valence-electron chi connectivity index (χ4n) is 1.70. The molecule has 1 aliphatic heterocycles. The topological polar surface area (TPSA) is 64.4 Å². The first kappa shape index (κ1) is 11.0. The lowest BCUT2D eigenvalue weighted by atomic mass is 10.0. The van der Waals surface area contributed by atoms with Gasteiger partial charge in [-0.15, -0.1) is 0 Å². The summed E-state index contributed by atoms with van der Waals surface area (Å²) in [7, 11) is 0. The van der Waals surface area contributed by atoms with E-state index in [1.807, 2.05) is 13.0 Å². The molecule has 86 valence electrons. The molecule has 0 saturated carbocycles. The van der Waals surface area contributed by atoms with Gasteiger partial charge in [-0.1, -0.05) is 0 Å². The summed E-state index contributed by atoms with van der Waals surface area (Å²) in [5.74, 6) is 0.739. The van der Waals surface area contributed by atoms with Crippen LogP contribution < -0.4 is 15.8 Å². The minimum atomic E-state index is -0.471. The van der Waals surface area contributed by atoms with Gasteiger partial charge in [0.05, 0.1) is 18.3 Å². The van der Waals surface area contributed by atoms with Crippen molar-refractivity contribution in [3.05, 3.63) is 23.8 Å². The Bertz CT molecular complexity index is 415. The summed E-state index contributed by atoms with van der Waals surface area (Å²) in [5.41, 5.74) is 7.05. The zero-order valence-electron chi connectivity index (χ0n) is 9.49. The monoisotopic (exact) mass is 220 g/mol. The number of nitrogens with one attached hydrogen (secondary N) is 1. The molecule has 4 heteroatoms. The van der Waals surface area contributed by atoms with Gasteiger partial charge in [-0.3, -0.25) is 4.79 Å². The van der Waals surface area contributed by atoms with Crippen molar-refractivity contribution >= 4 is 11.5 Å². The lowest BCUT2D eigenvalue weighted by Crippen LogP contribution is -2.29. The van der Waals surface area contributed by atoms with Crippen LogP contribution in [0.1, 0.15) is 24.2 Å². The summed E-state index contributed by atoms with van der Waals surface area (Å²) in [6, 6.07) is 4.89. The normalized spacial score (nSPS) is 20.3. The average molecular weight is 220 g/mol. The van der Waals surface area contributed by atoms with Gasteiger partial charge in [0.25, 0.3) is 0 Å². The van der Waals surface area contributed by atoms with Crippen LogP contribution in [0.5, 0.6) is 5.75 Å². The summed E-state index contributed by atoms with van der Waals surface area (Å²) in [6.07, 6.45) is 0.155. The van der Waals surface area contributed by atoms with E-state index < -0.39 is 6.04 Å². The molecule has 1 aromatic rings. The summed E-state index contributed by atoms with van der Waals surface area (Å²) < 4.78 is 5.62. The molecule has 3 N–H and O–H groups in total. The van der Waals surface area contributed by atoms with E-state index in [4.69, 9.17) is 10.5 Å². The van der Waals surface area contributed by atoms with Crippen molar-refractivity contribution in [1.29, 1.82) is 0 Å². The van der Waals surface area contributed by atoms with Crippen molar-refractivity contribution in [2.75, 3.05) is 11.9 Å². The van der Waals surface area contributed by atoms with Gasteiger partial charge in [0, 0.05) is 5.56 Å². The maximum atomic E-state index is 11.7. The standard InChI is InChI=1S/C12H16N2O2/c1-7-6-14-10-5-9(12(15)8(2)13)3-4-11(10)16-7/h3-5,7-8,14H,6,13H2,1-2H3. The molecule has 1 heterocycles. The van der Waals surface area contributed by atoms with Crippen LogP contribution in [0.3, 0.4) is 0 Å². The number of carbonyl (C=O) groups excluding carboxylic acids is 1. The lowest BCUT2D eigenvalue weighted by Gasteiger charge is -2.25. The molecular weight excluding hydrogens is 204 g/mol. The third-order valence-corrected chi connectivity index (χ3v) is 2.59. The van der Waals surface area contributed by atoms with E-state index in [2.05, 4.69) is 5.32 Å². The molecular formula is C12H16N2O2. The van der Waals surface area contributed by atoms with Gasteiger partial charge in [0.15, 0.2) is 5.78 Å². The summed E-state index contributed by atoms with van der Waals surface area (Å²) in [5, 5.41) is 3.23. The summed E-state index contributed by atoms with van der Waals surface area (Å²) >= 11 is 0. The van der Waals surface area contributed by atoms with Gasteiger partial charge in [-0.05, 0) is 32.0 Å². The second-order valence-corrected chi connectivity index (χ2v) is 4.17. The SMILES string of the molecule is CC1CNc2cc(C(=O)C(C)N)ccc2O1. The molecule has 1 aromatic carbocycles. The predicted molar refractivity (Wildman–Crippen MR) is 63.0 cm³/mol. The Balaban J connectivity index is 2.29. The van der Waals surface area contributed by atoms with Crippen molar-refractivity contribution in [1.82, 2.24) is 0 Å². The lowest BCUT2D eigenvalue weighted by molar-refractivity contribution is 0.0968. The fraction of sp³-hybridized carbons (Fsp3) is 0.417. The molecule has 0 fully saturated rings. The van der Waals surface area contributed by atoms with Gasteiger partial charge in [-0.25, -0.2) is 0 Å². The fourth-order valence-corrected chi connectivity index (χ4v) is 1.70. The molecule has 0 aliphatic carbocycles. The highest BCUT2D eigenvalue weighted by Crippen LogP contribution is 2.30. The van der Waals surface area contributed by atoms with E-state index >= 15 is 0 Å². The zero-order chi connectivity index (χ0) is 11.7. The molecule has 16 heavy (non-hydrogen) atoms. The number of rotatable bonds is 2. The highest BCUT2D eigenvalue weighted by atomic mass is 16.5. The number of fused-ring (bicyclic) bond motifs is 1. The van der Waals surface area contributed by atoms with Gasteiger partial charge < -0.3 is 15.8 Å². The highest BCUT2D eigenvalue weighted by Gasteiger charge is 2.18. The van der Waals surface area contributed by atoms with Crippen LogP contribution in [0.4, 0.5) is 5.69 Å². The molecule has 0 aromatic heterocycles. The molecule has 0 saturated heterocycles. The first-order valence-corrected chi connectivity index (χ1v) is 5.42. The molecule has 0 spiro atoms. The molecule has 0 radical (unpaired) electrons. The second kappa shape index (κ2) is 4.14. The van der Waals surface area contributed by atoms with E-state index in [1.54, 1.807) is 19.1 Å². The van der Waals surface area contributed by atoms with Gasteiger partial charge in [0.1, 0.15) is 11.9 Å². The maximum absolute atomic E-state index is 11.7. The second-order valence-electron chi connectivity index (χ2n) is 4.17. The zero-order valence-corrected chi connectivity index (χ0v) is 9.49. The van der Waals surface area contributed by atoms with Crippen molar-refractivity contribution < 1.29 is 9.53 Å². The number of ketones is 1. The third-order valence-electron chi connectivity index (χ3n) is 2.59. The van der Waals surface area contributed by atoms with Gasteiger partial charge in [0.2, 0.25) is 0 Å². The Morgan fingerprint density at radius 2 is 2.38 bits per heavy atom. The largest absolute Gasteiger partial charge is 0.487 e. The number of Topliss-reactive ketones (excluding diaryl/α,β-unsaturated/α-hetero) is 1. The average Bonchev–Trinajstić information content (AvgIpc) is 2.27. The third kappa shape index (κ3) is 2.02. The van der Waals surface area contributed by atoms with Crippen LogP contribution in [-0.2, 0) is 0 Å². The van der Waals surface area contributed by atoms with Crippen LogP contribution in [-0.4, -0.2) is 24.5 Å². The summed E-state index contributed by atoms with van der Waals surface area (Å²) in [4.78, 5) is 11.7. The first-order valence-electron chi connectivity index (χ1n) is 5.42. The van der Waals surface area contributed by atoms with E-state index in [0.29, 0.717) is 5.56 Å². The Morgan fingerprint density at radius 1 is 1.62 bits per heavy atom. The Hall–Kier alpha value is -1.55. The summed E-state index contributed by atoms with van der Waals surface area (Å²) in [6.45, 7) is 4.44. The molecule has 2 unspecified atom stereocenters. The van der Waals surface area contributed by atoms with Gasteiger partial charge in [-0.2, -0.15) is 0 Å². The number of carbonyl (C=O) groups is 1. The minimum absolute atomic E-state index is 0.0526. The van der Waals surface area contributed by atoms with Crippen molar-refractivity contribution in [3.8, 4) is 5.75 Å². The maximum Gasteiger partial charge on any atom is 0.179 e. The quantitative estimate of drug-likeness (QED) is 0.740. The molecule has 2 atom stereocenters. The molecule has 1 aliphatic rings. The number of hydrogen-bond donors (Lipinski definition) is 2. The Morgan fingerprint density at radius 3 is 3.06 bits per heavy atom. The van der Waals surface area contributed by atoms with Crippen LogP contribution in [0.2, 0.25) is 0 Å². The number of benzene rings is 1. The van der Waals surface area contributed by atoms with Crippen LogP contribution in [0.15, 0.2) is 18.2 Å². The van der Waals surface area contributed by atoms with Crippen molar-refractivity contribution in [3.63, 3.8) is 0 Å². The van der Waals surface area contributed by atoms with E-state index in [1.165, 1.54) is 0 Å². The van der Waals surface area contributed by atoms with E-state index in [9.17, 15) is 4.79 Å². The minimum Gasteiger partial charge on any atom is -0.487 e. The number of ether oxygens (including phenoxy) is 1. The number of nitrogens with two attached hydrogens (primary N) is 1. The van der Waals surface area contributed by atoms with Crippen molar-refractivity contribution in [2.24, 2.45) is 5.73 Å².